The van der Waals surface area contributed by atoms with Gasteiger partial charge in [-0.25, -0.2) is 0 Å². The summed E-state index contributed by atoms with van der Waals surface area (Å²) in [5, 5.41) is 13.5. The Morgan fingerprint density at radius 1 is 1.09 bits per heavy atom. The van der Waals surface area contributed by atoms with Gasteiger partial charge in [0.05, 0.1) is 16.1 Å². The largest absolute Gasteiger partial charge is 0.416 e. The predicted molar refractivity (Wildman–Crippen MR) is 122 cm³/mol. The normalized spacial score (nSPS) is 18.7. The van der Waals surface area contributed by atoms with Crippen molar-refractivity contribution in [3.05, 3.63) is 70.9 Å². The number of anilines is 1. The van der Waals surface area contributed by atoms with E-state index in [4.69, 9.17) is 11.6 Å². The molecule has 1 fully saturated rings. The third-order valence-electron chi connectivity index (χ3n) is 6.00. The molecule has 4 rings (SSSR count). The van der Waals surface area contributed by atoms with Crippen LogP contribution in [0.4, 0.5) is 19.0 Å². The highest BCUT2D eigenvalue weighted by Crippen LogP contribution is 2.32. The van der Waals surface area contributed by atoms with Gasteiger partial charge < -0.3 is 10.6 Å². The summed E-state index contributed by atoms with van der Waals surface area (Å²) in [7, 11) is 0. The molecule has 33 heavy (non-hydrogen) atoms. The lowest BCUT2D eigenvalue weighted by atomic mass is 9.86. The van der Waals surface area contributed by atoms with Gasteiger partial charge >= 0.3 is 6.18 Å². The van der Waals surface area contributed by atoms with E-state index < -0.39 is 17.6 Å². The minimum atomic E-state index is -4.53. The highest BCUT2D eigenvalue weighted by Gasteiger charge is 2.32. The van der Waals surface area contributed by atoms with Gasteiger partial charge in [0.15, 0.2) is 5.82 Å². The molecule has 0 radical (unpaired) electrons. The van der Waals surface area contributed by atoms with Gasteiger partial charge in [-0.2, -0.15) is 18.3 Å². The molecule has 0 atom stereocenters. The Kier molecular flexibility index (Phi) is 6.93. The second-order valence-electron chi connectivity index (χ2n) is 8.28. The first-order valence-corrected chi connectivity index (χ1v) is 11.2. The monoisotopic (exact) mass is 476 g/mol. The van der Waals surface area contributed by atoms with Crippen molar-refractivity contribution < 1.29 is 18.0 Å². The zero-order valence-electron chi connectivity index (χ0n) is 17.8. The Bertz CT molecular complexity index is 1090. The smallest absolute Gasteiger partial charge is 0.368 e. The van der Waals surface area contributed by atoms with Crippen molar-refractivity contribution in [2.24, 2.45) is 5.92 Å². The summed E-state index contributed by atoms with van der Waals surface area (Å²) in [6.07, 6.45) is 0.614. The number of hydrogen-bond acceptors (Lipinski definition) is 3. The molecule has 1 amide bonds. The summed E-state index contributed by atoms with van der Waals surface area (Å²) in [6.45, 7) is 0.755. The number of nitrogens with zero attached hydrogens (tertiary/aromatic N) is 1. The van der Waals surface area contributed by atoms with Crippen molar-refractivity contribution in [2.75, 3.05) is 11.9 Å². The summed E-state index contributed by atoms with van der Waals surface area (Å²) < 4.78 is 38.9. The van der Waals surface area contributed by atoms with Gasteiger partial charge in [-0.1, -0.05) is 41.9 Å². The molecule has 1 aliphatic carbocycles. The second kappa shape index (κ2) is 9.87. The lowest BCUT2D eigenvalue weighted by molar-refractivity contribution is -0.137. The first-order valence-electron chi connectivity index (χ1n) is 10.8. The van der Waals surface area contributed by atoms with Crippen LogP contribution in [0.3, 0.4) is 0 Å². The molecule has 1 aromatic heterocycles. The summed E-state index contributed by atoms with van der Waals surface area (Å²) in [5.74, 6) is 0.642. The molecule has 0 spiro atoms. The van der Waals surface area contributed by atoms with Crippen LogP contribution in [0.5, 0.6) is 0 Å². The molecule has 0 saturated heterocycles. The molecule has 1 heterocycles. The van der Waals surface area contributed by atoms with Crippen molar-refractivity contribution in [2.45, 2.75) is 37.9 Å². The van der Waals surface area contributed by atoms with Gasteiger partial charge in [-0.05, 0) is 55.4 Å². The number of carbonyl (C=O) groups is 1. The average Bonchev–Trinajstić information content (AvgIpc) is 3.27. The molecular weight excluding hydrogens is 453 g/mol. The number of benzene rings is 2. The Morgan fingerprint density at radius 2 is 1.82 bits per heavy atom. The minimum Gasteiger partial charge on any atom is -0.368 e. The molecule has 0 aliphatic heterocycles. The van der Waals surface area contributed by atoms with Crippen LogP contribution in [0.2, 0.25) is 5.02 Å². The number of rotatable bonds is 6. The van der Waals surface area contributed by atoms with Gasteiger partial charge in [-0.3, -0.25) is 9.89 Å². The Balaban J connectivity index is 1.29. The molecule has 1 aliphatic rings. The number of aromatic nitrogens is 2. The zero-order valence-corrected chi connectivity index (χ0v) is 18.5. The number of aromatic amines is 1. The SMILES string of the molecule is O=C(N[C@H]1CC[C@H](CNc2n[nH]cc2-c2ccccc2)CC1)c1cc(C(F)(F)F)ccc1Cl. The van der Waals surface area contributed by atoms with Crippen molar-refractivity contribution >= 4 is 23.3 Å². The quantitative estimate of drug-likeness (QED) is 0.399. The highest BCUT2D eigenvalue weighted by molar-refractivity contribution is 6.33. The average molecular weight is 477 g/mol. The molecule has 1 saturated carbocycles. The van der Waals surface area contributed by atoms with Crippen molar-refractivity contribution in [1.82, 2.24) is 15.5 Å². The van der Waals surface area contributed by atoms with E-state index in [0.29, 0.717) is 5.92 Å². The third kappa shape index (κ3) is 5.68. The van der Waals surface area contributed by atoms with Gasteiger partial charge in [0, 0.05) is 24.3 Å². The molecular formula is C24H24ClF3N4O. The fourth-order valence-electron chi connectivity index (χ4n) is 4.15. The number of nitrogens with one attached hydrogen (secondary N) is 3. The van der Waals surface area contributed by atoms with Gasteiger partial charge in [0.1, 0.15) is 0 Å². The molecule has 3 N–H and O–H groups in total. The van der Waals surface area contributed by atoms with Gasteiger partial charge in [0.2, 0.25) is 0 Å². The van der Waals surface area contributed by atoms with E-state index in [-0.39, 0.29) is 16.6 Å². The number of carbonyl (C=O) groups excluding carboxylic acids is 1. The number of hydrogen-bond donors (Lipinski definition) is 3. The Hall–Kier alpha value is -3.00. The van der Waals surface area contributed by atoms with E-state index in [1.807, 2.05) is 36.5 Å². The minimum absolute atomic E-state index is 0.00612. The van der Waals surface area contributed by atoms with E-state index in [9.17, 15) is 18.0 Å². The summed E-state index contributed by atoms with van der Waals surface area (Å²) in [6, 6.07) is 12.7. The molecule has 3 aromatic rings. The number of alkyl halides is 3. The molecule has 2 aromatic carbocycles. The summed E-state index contributed by atoms with van der Waals surface area (Å²) >= 11 is 5.98. The van der Waals surface area contributed by atoms with E-state index in [0.717, 1.165) is 67.4 Å². The predicted octanol–water partition coefficient (Wildman–Crippen LogP) is 6.15. The second-order valence-corrected chi connectivity index (χ2v) is 8.69. The summed E-state index contributed by atoms with van der Waals surface area (Å²) in [4.78, 5) is 12.6. The molecule has 9 heteroatoms. The summed E-state index contributed by atoms with van der Waals surface area (Å²) in [5.41, 5.74) is 1.05. The Labute approximate surface area is 194 Å². The van der Waals surface area contributed by atoms with Crippen LogP contribution >= 0.6 is 11.6 Å². The number of amides is 1. The first kappa shape index (κ1) is 23.2. The fraction of sp³-hybridized carbons (Fsp3) is 0.333. The molecule has 5 nitrogen and oxygen atoms in total. The maximum absolute atomic E-state index is 13.0. The van der Waals surface area contributed by atoms with Crippen LogP contribution in [0, 0.1) is 5.92 Å². The maximum Gasteiger partial charge on any atom is 0.416 e. The molecule has 174 valence electrons. The number of H-pyrrole nitrogens is 1. The third-order valence-corrected chi connectivity index (χ3v) is 6.33. The maximum atomic E-state index is 13.0. The lowest BCUT2D eigenvalue weighted by Gasteiger charge is -2.29. The number of halogens is 4. The van der Waals surface area contributed by atoms with E-state index in [2.05, 4.69) is 20.8 Å². The van der Waals surface area contributed by atoms with Crippen molar-refractivity contribution in [1.29, 1.82) is 0 Å². The van der Waals surface area contributed by atoms with E-state index in [1.165, 1.54) is 0 Å². The van der Waals surface area contributed by atoms with Crippen LogP contribution in [-0.2, 0) is 6.18 Å². The topological polar surface area (TPSA) is 69.8 Å². The van der Waals surface area contributed by atoms with Gasteiger partial charge in [-0.15, -0.1) is 0 Å². The van der Waals surface area contributed by atoms with Crippen LogP contribution in [0.1, 0.15) is 41.6 Å². The zero-order chi connectivity index (χ0) is 23.4. The van der Waals surface area contributed by atoms with Crippen LogP contribution in [-0.4, -0.2) is 28.7 Å². The standard InChI is InChI=1S/C24H24ClF3N4O/c25-21-11-8-17(24(26,27)28)12-19(21)23(33)31-18-9-6-15(7-10-18)13-29-22-20(14-30-32-22)16-4-2-1-3-5-16/h1-5,8,11-12,14-15,18H,6-7,9-10,13H2,(H,31,33)(H2,29,30,32)/t15-,18-. The highest BCUT2D eigenvalue weighted by atomic mass is 35.5. The molecule has 0 bridgehead atoms. The van der Waals surface area contributed by atoms with Crippen LogP contribution in [0.25, 0.3) is 11.1 Å². The fourth-order valence-corrected chi connectivity index (χ4v) is 4.36. The van der Waals surface area contributed by atoms with Gasteiger partial charge in [0.25, 0.3) is 5.91 Å². The van der Waals surface area contributed by atoms with Crippen molar-refractivity contribution in [3.63, 3.8) is 0 Å². The first-order chi connectivity index (χ1) is 15.8. The lowest BCUT2D eigenvalue weighted by Crippen LogP contribution is -2.38. The van der Waals surface area contributed by atoms with E-state index in [1.54, 1.807) is 0 Å². The van der Waals surface area contributed by atoms with Crippen LogP contribution < -0.4 is 10.6 Å². The molecule has 0 unspecified atom stereocenters. The van der Waals surface area contributed by atoms with Crippen LogP contribution in [0.15, 0.2) is 54.7 Å². The van der Waals surface area contributed by atoms with Crippen molar-refractivity contribution in [3.8, 4) is 11.1 Å². The Morgan fingerprint density at radius 3 is 2.52 bits per heavy atom. The van der Waals surface area contributed by atoms with E-state index >= 15 is 0 Å².